The van der Waals surface area contributed by atoms with Crippen LogP contribution in [0, 0.1) is 0 Å². The van der Waals surface area contributed by atoms with Crippen LogP contribution in [0.2, 0.25) is 0 Å². The Labute approximate surface area is 169 Å². The van der Waals surface area contributed by atoms with Crippen LogP contribution in [-0.2, 0) is 9.53 Å². The number of amides is 1. The van der Waals surface area contributed by atoms with Crippen LogP contribution in [-0.4, -0.2) is 86.7 Å². The van der Waals surface area contributed by atoms with Gasteiger partial charge in [0.1, 0.15) is 0 Å². The molecule has 8 heteroatoms. The van der Waals surface area contributed by atoms with Crippen molar-refractivity contribution in [3.8, 4) is 0 Å². The zero-order valence-electron chi connectivity index (χ0n) is 15.6. The van der Waals surface area contributed by atoms with E-state index in [0.29, 0.717) is 19.0 Å². The molecule has 7 nitrogen and oxygen atoms in total. The molecule has 0 aromatic rings. The third kappa shape index (κ3) is 7.65. The quantitative estimate of drug-likeness (QED) is 0.331. The Morgan fingerprint density at radius 2 is 1.96 bits per heavy atom. The lowest BCUT2D eigenvalue weighted by molar-refractivity contribution is -0.120. The predicted molar refractivity (Wildman–Crippen MR) is 112 cm³/mol. The van der Waals surface area contributed by atoms with Gasteiger partial charge in [0.2, 0.25) is 5.91 Å². The molecule has 1 atom stereocenters. The molecule has 0 aromatic carbocycles. The fraction of sp³-hybridized carbons (Fsp3) is 0.882. The van der Waals surface area contributed by atoms with Gasteiger partial charge in [-0.1, -0.05) is 6.92 Å². The Bertz CT molecular complexity index is 416. The van der Waals surface area contributed by atoms with Gasteiger partial charge >= 0.3 is 0 Å². The SMILES string of the molecule is CCCNC(=O)CCN=C(NCC)N1CCC(N2CCOCC2)C1.I. The van der Waals surface area contributed by atoms with Gasteiger partial charge in [-0.05, 0) is 19.8 Å². The standard InChI is InChI=1S/C17H33N5O2.HI/c1-3-7-19-16(23)5-8-20-17(18-4-2)22-9-6-15(14-22)21-10-12-24-13-11-21;/h15H,3-14H2,1-2H3,(H,18,20)(H,19,23);1H. The largest absolute Gasteiger partial charge is 0.379 e. The molecule has 1 amide bonds. The first-order valence-electron chi connectivity index (χ1n) is 9.36. The van der Waals surface area contributed by atoms with Crippen molar-refractivity contribution < 1.29 is 9.53 Å². The summed E-state index contributed by atoms with van der Waals surface area (Å²) in [6.07, 6.45) is 2.59. The van der Waals surface area contributed by atoms with E-state index in [4.69, 9.17) is 4.74 Å². The second-order valence-corrected chi connectivity index (χ2v) is 6.37. The minimum Gasteiger partial charge on any atom is -0.379 e. The second kappa shape index (κ2) is 12.7. The summed E-state index contributed by atoms with van der Waals surface area (Å²) >= 11 is 0. The van der Waals surface area contributed by atoms with Crippen molar-refractivity contribution in [2.24, 2.45) is 4.99 Å². The van der Waals surface area contributed by atoms with Gasteiger partial charge in [0.25, 0.3) is 0 Å². The van der Waals surface area contributed by atoms with Crippen LogP contribution in [0.3, 0.4) is 0 Å². The first-order valence-corrected chi connectivity index (χ1v) is 9.36. The van der Waals surface area contributed by atoms with Crippen molar-refractivity contribution >= 4 is 35.8 Å². The maximum absolute atomic E-state index is 11.7. The molecule has 0 radical (unpaired) electrons. The Morgan fingerprint density at radius 3 is 2.64 bits per heavy atom. The molecule has 0 aromatic heterocycles. The summed E-state index contributed by atoms with van der Waals surface area (Å²) in [4.78, 5) is 21.2. The van der Waals surface area contributed by atoms with E-state index in [-0.39, 0.29) is 29.9 Å². The van der Waals surface area contributed by atoms with Crippen LogP contribution in [0.25, 0.3) is 0 Å². The van der Waals surface area contributed by atoms with E-state index < -0.39 is 0 Å². The Kier molecular flexibility index (Phi) is 11.4. The number of nitrogens with one attached hydrogen (secondary N) is 2. The summed E-state index contributed by atoms with van der Waals surface area (Å²) in [7, 11) is 0. The first-order chi connectivity index (χ1) is 11.7. The summed E-state index contributed by atoms with van der Waals surface area (Å²) in [5, 5.41) is 6.26. The average molecular weight is 467 g/mol. The molecule has 2 fully saturated rings. The summed E-state index contributed by atoms with van der Waals surface area (Å²) in [5.74, 6) is 1.03. The summed E-state index contributed by atoms with van der Waals surface area (Å²) in [6, 6.07) is 0.589. The normalized spacial score (nSPS) is 21.8. The van der Waals surface area contributed by atoms with Crippen molar-refractivity contribution in [1.82, 2.24) is 20.4 Å². The smallest absolute Gasteiger partial charge is 0.221 e. The van der Waals surface area contributed by atoms with Gasteiger partial charge in [0.05, 0.1) is 19.8 Å². The van der Waals surface area contributed by atoms with Crippen molar-refractivity contribution in [2.75, 3.05) is 59.0 Å². The van der Waals surface area contributed by atoms with Crippen LogP contribution >= 0.6 is 24.0 Å². The molecule has 2 rings (SSSR count). The minimum absolute atomic E-state index is 0. The van der Waals surface area contributed by atoms with Gasteiger partial charge in [-0.2, -0.15) is 0 Å². The van der Waals surface area contributed by atoms with E-state index in [9.17, 15) is 4.79 Å². The van der Waals surface area contributed by atoms with Crippen molar-refractivity contribution in [1.29, 1.82) is 0 Å². The monoisotopic (exact) mass is 467 g/mol. The number of hydrogen-bond acceptors (Lipinski definition) is 4. The number of halogens is 1. The Balaban J connectivity index is 0.00000312. The van der Waals surface area contributed by atoms with Crippen LogP contribution in [0.5, 0.6) is 0 Å². The third-order valence-electron chi connectivity index (χ3n) is 4.53. The average Bonchev–Trinajstić information content (AvgIpc) is 3.10. The fourth-order valence-electron chi connectivity index (χ4n) is 3.22. The topological polar surface area (TPSA) is 69.2 Å². The number of morpholine rings is 1. The molecule has 2 heterocycles. The molecule has 146 valence electrons. The molecule has 2 aliphatic rings. The van der Waals surface area contributed by atoms with Gasteiger partial charge in [-0.3, -0.25) is 14.7 Å². The highest BCUT2D eigenvalue weighted by molar-refractivity contribution is 14.0. The predicted octanol–water partition coefficient (Wildman–Crippen LogP) is 0.893. The van der Waals surface area contributed by atoms with Gasteiger partial charge in [0.15, 0.2) is 5.96 Å². The second-order valence-electron chi connectivity index (χ2n) is 6.37. The van der Waals surface area contributed by atoms with Crippen LogP contribution in [0.1, 0.15) is 33.1 Å². The number of likely N-dealkylation sites (tertiary alicyclic amines) is 1. The summed E-state index contributed by atoms with van der Waals surface area (Å²) < 4.78 is 5.45. The minimum atomic E-state index is 0. The molecule has 2 aliphatic heterocycles. The highest BCUT2D eigenvalue weighted by Gasteiger charge is 2.30. The van der Waals surface area contributed by atoms with E-state index in [0.717, 1.165) is 64.9 Å². The van der Waals surface area contributed by atoms with E-state index in [1.807, 2.05) is 0 Å². The van der Waals surface area contributed by atoms with Crippen LogP contribution in [0.15, 0.2) is 4.99 Å². The summed E-state index contributed by atoms with van der Waals surface area (Å²) in [5.41, 5.74) is 0. The van der Waals surface area contributed by atoms with Gasteiger partial charge in [-0.15, -0.1) is 24.0 Å². The van der Waals surface area contributed by atoms with Gasteiger partial charge in [-0.25, -0.2) is 0 Å². The summed E-state index contributed by atoms with van der Waals surface area (Å²) in [6.45, 7) is 12.1. The molecular formula is C17H34IN5O2. The van der Waals surface area contributed by atoms with E-state index >= 15 is 0 Å². The molecule has 0 aliphatic carbocycles. The van der Waals surface area contributed by atoms with Gasteiger partial charge < -0.3 is 20.3 Å². The van der Waals surface area contributed by atoms with Crippen molar-refractivity contribution in [3.63, 3.8) is 0 Å². The molecule has 2 N–H and O–H groups in total. The van der Waals surface area contributed by atoms with E-state index in [1.165, 1.54) is 6.42 Å². The third-order valence-corrected chi connectivity index (χ3v) is 4.53. The number of carbonyl (C=O) groups excluding carboxylic acids is 1. The lowest BCUT2D eigenvalue weighted by atomic mass is 10.2. The van der Waals surface area contributed by atoms with Crippen molar-refractivity contribution in [2.45, 2.75) is 39.2 Å². The molecule has 2 saturated heterocycles. The van der Waals surface area contributed by atoms with Crippen LogP contribution < -0.4 is 10.6 Å². The molecule has 0 spiro atoms. The highest BCUT2D eigenvalue weighted by atomic mass is 127. The van der Waals surface area contributed by atoms with Crippen molar-refractivity contribution in [3.05, 3.63) is 0 Å². The van der Waals surface area contributed by atoms with E-state index in [1.54, 1.807) is 0 Å². The number of hydrogen-bond donors (Lipinski definition) is 2. The Hall–Kier alpha value is -0.610. The Morgan fingerprint density at radius 1 is 1.20 bits per heavy atom. The lowest BCUT2D eigenvalue weighted by Gasteiger charge is -2.32. The number of rotatable bonds is 7. The van der Waals surface area contributed by atoms with Gasteiger partial charge in [0, 0.05) is 51.7 Å². The molecule has 25 heavy (non-hydrogen) atoms. The highest BCUT2D eigenvalue weighted by Crippen LogP contribution is 2.17. The number of guanidine groups is 1. The number of aliphatic imine (C=N–C) groups is 1. The van der Waals surface area contributed by atoms with E-state index in [2.05, 4.69) is 39.3 Å². The fourth-order valence-corrected chi connectivity index (χ4v) is 3.22. The maximum Gasteiger partial charge on any atom is 0.221 e. The molecule has 0 bridgehead atoms. The number of ether oxygens (including phenoxy) is 1. The first kappa shape index (κ1) is 22.4. The maximum atomic E-state index is 11.7. The lowest BCUT2D eigenvalue weighted by Crippen LogP contribution is -2.46. The number of nitrogens with zero attached hydrogens (tertiary/aromatic N) is 3. The number of carbonyl (C=O) groups is 1. The zero-order chi connectivity index (χ0) is 17.2. The zero-order valence-corrected chi connectivity index (χ0v) is 18.0. The molecular weight excluding hydrogens is 433 g/mol. The molecule has 0 saturated carbocycles. The molecule has 1 unspecified atom stereocenters. The van der Waals surface area contributed by atoms with Crippen LogP contribution in [0.4, 0.5) is 0 Å².